The molecule has 18 heavy (non-hydrogen) atoms. The van der Waals surface area contributed by atoms with Gasteiger partial charge < -0.3 is 10.6 Å². The summed E-state index contributed by atoms with van der Waals surface area (Å²) in [7, 11) is 0. The minimum absolute atomic E-state index is 0.175. The fraction of sp³-hybridized carbons (Fsp3) is 0.615. The van der Waals surface area contributed by atoms with E-state index < -0.39 is 0 Å². The third kappa shape index (κ3) is 6.18. The maximum Gasteiger partial charge on any atom is 0.131 e. The number of hydrogen-bond acceptors (Lipinski definition) is 5. The molecule has 5 heteroatoms. The summed E-state index contributed by atoms with van der Waals surface area (Å²) in [6.07, 6.45) is 5.63. The van der Waals surface area contributed by atoms with Crippen LogP contribution in [0.25, 0.3) is 0 Å². The highest BCUT2D eigenvalue weighted by Crippen LogP contribution is 2.08. The van der Waals surface area contributed by atoms with Crippen LogP contribution in [0.2, 0.25) is 0 Å². The van der Waals surface area contributed by atoms with Gasteiger partial charge in [-0.3, -0.25) is 4.79 Å². The number of ketones is 1. The molecule has 0 amide bonds. The number of nitrogens with zero attached hydrogens (tertiary/aromatic N) is 2. The summed E-state index contributed by atoms with van der Waals surface area (Å²) in [6, 6.07) is 1.87. The number of carbonyl (C=O) groups excluding carboxylic acids is 1. The van der Waals surface area contributed by atoms with Crippen molar-refractivity contribution >= 4 is 17.4 Å². The molecule has 2 N–H and O–H groups in total. The smallest absolute Gasteiger partial charge is 0.131 e. The van der Waals surface area contributed by atoms with Gasteiger partial charge in [0.2, 0.25) is 0 Å². The fourth-order valence-electron chi connectivity index (χ4n) is 1.51. The number of hydrogen-bond donors (Lipinski definition) is 2. The molecule has 0 unspecified atom stereocenters. The van der Waals surface area contributed by atoms with E-state index in [9.17, 15) is 4.79 Å². The Kier molecular flexibility index (Phi) is 6.76. The second-order valence-electron chi connectivity index (χ2n) is 4.30. The highest BCUT2D eigenvalue weighted by molar-refractivity contribution is 5.75. The Morgan fingerprint density at radius 1 is 1.17 bits per heavy atom. The van der Waals surface area contributed by atoms with E-state index in [1.54, 1.807) is 6.92 Å². The van der Waals surface area contributed by atoms with Gasteiger partial charge in [0.1, 0.15) is 23.7 Å². The molecule has 0 aliphatic rings. The van der Waals surface area contributed by atoms with E-state index in [1.165, 1.54) is 19.2 Å². The highest BCUT2D eigenvalue weighted by atomic mass is 16.1. The largest absolute Gasteiger partial charge is 0.370 e. The summed E-state index contributed by atoms with van der Waals surface area (Å²) in [4.78, 5) is 19.1. The quantitative estimate of drug-likeness (QED) is 0.659. The second kappa shape index (κ2) is 8.44. The minimum atomic E-state index is 0.175. The lowest BCUT2D eigenvalue weighted by molar-refractivity contribution is -0.116. The lowest BCUT2D eigenvalue weighted by atomic mass is 10.2. The Bertz CT molecular complexity index is 368. The average molecular weight is 250 g/mol. The average Bonchev–Trinajstić information content (AvgIpc) is 2.35. The summed E-state index contributed by atoms with van der Waals surface area (Å²) >= 11 is 0. The lowest BCUT2D eigenvalue weighted by Gasteiger charge is -2.07. The van der Waals surface area contributed by atoms with Crippen LogP contribution in [-0.2, 0) is 4.79 Å². The van der Waals surface area contributed by atoms with Gasteiger partial charge in [0.05, 0.1) is 0 Å². The van der Waals surface area contributed by atoms with Crippen LogP contribution in [0.3, 0.4) is 0 Å². The van der Waals surface area contributed by atoms with Crippen LogP contribution >= 0.6 is 0 Å². The first-order valence-corrected chi connectivity index (χ1v) is 6.51. The molecule has 1 rings (SSSR count). The van der Waals surface area contributed by atoms with Crippen molar-refractivity contribution in [2.75, 3.05) is 23.7 Å². The number of anilines is 2. The zero-order chi connectivity index (χ0) is 13.2. The summed E-state index contributed by atoms with van der Waals surface area (Å²) in [5.74, 6) is 1.75. The van der Waals surface area contributed by atoms with Crippen LogP contribution < -0.4 is 10.6 Å². The third-order valence-corrected chi connectivity index (χ3v) is 2.54. The minimum Gasteiger partial charge on any atom is -0.370 e. The first-order valence-electron chi connectivity index (χ1n) is 6.51. The molecule has 1 aromatic heterocycles. The molecular weight excluding hydrogens is 228 g/mol. The van der Waals surface area contributed by atoms with Crippen molar-refractivity contribution in [3.63, 3.8) is 0 Å². The molecule has 5 nitrogen and oxygen atoms in total. The Balaban J connectivity index is 2.34. The zero-order valence-electron chi connectivity index (χ0n) is 11.2. The predicted octanol–water partition coefficient (Wildman–Crippen LogP) is 2.47. The summed E-state index contributed by atoms with van der Waals surface area (Å²) < 4.78 is 0. The molecular formula is C13H22N4O. The number of aromatic nitrogens is 2. The maximum absolute atomic E-state index is 10.8. The Hall–Kier alpha value is -1.65. The molecule has 1 heterocycles. The van der Waals surface area contributed by atoms with E-state index in [2.05, 4.69) is 27.5 Å². The normalized spacial score (nSPS) is 10.1. The van der Waals surface area contributed by atoms with Gasteiger partial charge in [-0.2, -0.15) is 0 Å². The van der Waals surface area contributed by atoms with Crippen molar-refractivity contribution in [3.05, 3.63) is 12.4 Å². The lowest BCUT2D eigenvalue weighted by Crippen LogP contribution is -2.09. The van der Waals surface area contributed by atoms with Gasteiger partial charge in [-0.15, -0.1) is 0 Å². The van der Waals surface area contributed by atoms with E-state index in [0.29, 0.717) is 13.0 Å². The van der Waals surface area contributed by atoms with E-state index in [4.69, 9.17) is 0 Å². The molecule has 0 saturated carbocycles. The number of rotatable bonds is 9. The third-order valence-electron chi connectivity index (χ3n) is 2.54. The molecule has 100 valence electrons. The fourth-order valence-corrected chi connectivity index (χ4v) is 1.51. The van der Waals surface area contributed by atoms with Crippen LogP contribution in [0.5, 0.6) is 0 Å². The monoisotopic (exact) mass is 250 g/mol. The number of Topliss-reactive ketones (excluding diaryl/α,β-unsaturated/α-hetero) is 1. The number of carbonyl (C=O) groups is 1. The maximum atomic E-state index is 10.8. The predicted molar refractivity (Wildman–Crippen MR) is 73.8 cm³/mol. The molecule has 0 atom stereocenters. The molecule has 0 aliphatic heterocycles. The van der Waals surface area contributed by atoms with E-state index in [1.807, 2.05) is 6.07 Å². The molecule has 1 aromatic rings. The Morgan fingerprint density at radius 2 is 1.83 bits per heavy atom. The highest BCUT2D eigenvalue weighted by Gasteiger charge is 1.99. The second-order valence-corrected chi connectivity index (χ2v) is 4.30. The van der Waals surface area contributed by atoms with Gasteiger partial charge >= 0.3 is 0 Å². The molecule has 0 aliphatic carbocycles. The van der Waals surface area contributed by atoms with Crippen molar-refractivity contribution in [1.29, 1.82) is 0 Å². The first-order chi connectivity index (χ1) is 8.72. The van der Waals surface area contributed by atoms with Crippen LogP contribution in [0.1, 0.15) is 39.5 Å². The van der Waals surface area contributed by atoms with Gasteiger partial charge in [0, 0.05) is 25.6 Å². The van der Waals surface area contributed by atoms with Crippen molar-refractivity contribution < 1.29 is 4.79 Å². The Morgan fingerprint density at radius 3 is 2.44 bits per heavy atom. The molecule has 0 fully saturated rings. The standard InChI is InChI=1S/C13H22N4O/c1-3-4-5-7-14-12-9-13(17-10-16-12)15-8-6-11(2)18/h9-10H,3-8H2,1-2H3,(H2,14,15,16,17). The van der Waals surface area contributed by atoms with Crippen LogP contribution in [0.4, 0.5) is 11.6 Å². The van der Waals surface area contributed by atoms with Gasteiger partial charge in [0.15, 0.2) is 0 Å². The number of nitrogens with one attached hydrogen (secondary N) is 2. The number of unbranched alkanes of at least 4 members (excludes halogenated alkanes) is 2. The SMILES string of the molecule is CCCCCNc1cc(NCCC(C)=O)ncn1. The van der Waals surface area contributed by atoms with Crippen molar-refractivity contribution in [2.45, 2.75) is 39.5 Å². The Labute approximate surface area is 108 Å². The molecule has 0 spiro atoms. The zero-order valence-corrected chi connectivity index (χ0v) is 11.2. The molecule has 0 radical (unpaired) electrons. The van der Waals surface area contributed by atoms with Crippen molar-refractivity contribution in [3.8, 4) is 0 Å². The van der Waals surface area contributed by atoms with Crippen LogP contribution in [-0.4, -0.2) is 28.8 Å². The van der Waals surface area contributed by atoms with E-state index >= 15 is 0 Å². The van der Waals surface area contributed by atoms with Crippen LogP contribution in [0, 0.1) is 0 Å². The first kappa shape index (κ1) is 14.4. The van der Waals surface area contributed by atoms with Gasteiger partial charge in [0.25, 0.3) is 0 Å². The van der Waals surface area contributed by atoms with Gasteiger partial charge in [-0.1, -0.05) is 19.8 Å². The summed E-state index contributed by atoms with van der Waals surface area (Å²) in [5, 5.41) is 6.37. The van der Waals surface area contributed by atoms with Crippen LogP contribution in [0.15, 0.2) is 12.4 Å². The summed E-state index contributed by atoms with van der Waals surface area (Å²) in [6.45, 7) is 5.31. The summed E-state index contributed by atoms with van der Waals surface area (Å²) in [5.41, 5.74) is 0. The van der Waals surface area contributed by atoms with Gasteiger partial charge in [-0.05, 0) is 13.3 Å². The molecule has 0 aromatic carbocycles. The molecule has 0 saturated heterocycles. The van der Waals surface area contributed by atoms with Crippen molar-refractivity contribution in [2.24, 2.45) is 0 Å². The van der Waals surface area contributed by atoms with Crippen molar-refractivity contribution in [1.82, 2.24) is 9.97 Å². The van der Waals surface area contributed by atoms with Gasteiger partial charge in [-0.25, -0.2) is 9.97 Å². The molecule has 0 bridgehead atoms. The van der Waals surface area contributed by atoms with E-state index in [-0.39, 0.29) is 5.78 Å². The van der Waals surface area contributed by atoms with E-state index in [0.717, 1.165) is 24.6 Å². The topological polar surface area (TPSA) is 66.9 Å².